The maximum absolute atomic E-state index is 12.3. The van der Waals surface area contributed by atoms with Crippen LogP contribution in [0, 0.1) is 12.8 Å². The predicted molar refractivity (Wildman–Crippen MR) is 69.8 cm³/mol. The number of carbonyl (C=O) groups is 1. The van der Waals surface area contributed by atoms with Crippen LogP contribution in [0.1, 0.15) is 31.2 Å². The summed E-state index contributed by atoms with van der Waals surface area (Å²) in [5, 5.41) is 4.84. The molecule has 0 aromatic carbocycles. The van der Waals surface area contributed by atoms with Crippen molar-refractivity contribution in [3.05, 3.63) is 16.4 Å². The second kappa shape index (κ2) is 5.41. The number of Topliss-reactive ketones (excluding diaryl/α,β-unsaturated/α-hetero) is 1. The van der Waals surface area contributed by atoms with E-state index < -0.39 is 0 Å². The van der Waals surface area contributed by atoms with Crippen LogP contribution in [-0.4, -0.2) is 28.3 Å². The lowest BCUT2D eigenvalue weighted by molar-refractivity contribution is -0.124. The summed E-state index contributed by atoms with van der Waals surface area (Å²) >= 11 is 6.17. The van der Waals surface area contributed by atoms with Crippen molar-refractivity contribution in [1.29, 1.82) is 0 Å². The van der Waals surface area contributed by atoms with Crippen molar-refractivity contribution in [3.8, 4) is 0 Å². The highest BCUT2D eigenvalue weighted by atomic mass is 35.5. The van der Waals surface area contributed by atoms with Gasteiger partial charge in [-0.2, -0.15) is 5.10 Å². The number of ketones is 1. The lowest BCUT2D eigenvalue weighted by atomic mass is 9.92. The molecule has 1 aliphatic rings. The number of ether oxygens (including phenoxy) is 1. The van der Waals surface area contributed by atoms with Crippen LogP contribution < -0.4 is 0 Å². The third kappa shape index (κ3) is 2.45. The fraction of sp³-hybridized carbons (Fsp3) is 0.692. The molecule has 2 atom stereocenters. The van der Waals surface area contributed by atoms with Crippen LogP contribution in [0.15, 0.2) is 0 Å². The molecule has 2 heterocycles. The van der Waals surface area contributed by atoms with E-state index in [4.69, 9.17) is 16.3 Å². The highest BCUT2D eigenvalue weighted by Gasteiger charge is 2.33. The van der Waals surface area contributed by atoms with Gasteiger partial charge in [-0.05, 0) is 19.8 Å². The number of hydrogen-bond acceptors (Lipinski definition) is 3. The minimum absolute atomic E-state index is 0.0151. The van der Waals surface area contributed by atoms with Crippen molar-refractivity contribution in [2.75, 3.05) is 6.61 Å². The predicted octanol–water partition coefficient (Wildman–Crippen LogP) is 2.31. The summed E-state index contributed by atoms with van der Waals surface area (Å²) < 4.78 is 7.26. The maximum Gasteiger partial charge on any atom is 0.144 e. The van der Waals surface area contributed by atoms with Crippen LogP contribution in [0.4, 0.5) is 0 Å². The van der Waals surface area contributed by atoms with Crippen LogP contribution in [-0.2, 0) is 23.0 Å². The summed E-state index contributed by atoms with van der Waals surface area (Å²) in [7, 11) is 1.82. The average molecular weight is 271 g/mol. The first kappa shape index (κ1) is 13.6. The number of rotatable bonds is 4. The minimum Gasteiger partial charge on any atom is -0.377 e. The second-order valence-corrected chi connectivity index (χ2v) is 5.20. The van der Waals surface area contributed by atoms with E-state index >= 15 is 0 Å². The molecular formula is C13H19ClN2O2. The molecule has 2 rings (SSSR count). The molecular weight excluding hydrogens is 252 g/mol. The first-order chi connectivity index (χ1) is 8.54. The van der Waals surface area contributed by atoms with Gasteiger partial charge >= 0.3 is 0 Å². The zero-order chi connectivity index (χ0) is 13.3. The van der Waals surface area contributed by atoms with Crippen LogP contribution >= 0.6 is 11.6 Å². The molecule has 18 heavy (non-hydrogen) atoms. The van der Waals surface area contributed by atoms with Crippen molar-refractivity contribution < 1.29 is 9.53 Å². The number of aryl methyl sites for hydroxylation is 2. The van der Waals surface area contributed by atoms with Gasteiger partial charge in [-0.25, -0.2) is 0 Å². The molecule has 0 spiro atoms. The van der Waals surface area contributed by atoms with Gasteiger partial charge in [0, 0.05) is 19.6 Å². The number of hydrogen-bond donors (Lipinski definition) is 0. The minimum atomic E-state index is 0.0151. The van der Waals surface area contributed by atoms with Gasteiger partial charge in [0.1, 0.15) is 5.78 Å². The van der Waals surface area contributed by atoms with Crippen molar-refractivity contribution in [3.63, 3.8) is 0 Å². The molecule has 0 radical (unpaired) electrons. The van der Waals surface area contributed by atoms with Gasteiger partial charge in [0.05, 0.1) is 28.9 Å². The largest absolute Gasteiger partial charge is 0.377 e. The molecule has 1 aromatic rings. The highest BCUT2D eigenvalue weighted by molar-refractivity contribution is 6.32. The van der Waals surface area contributed by atoms with Crippen molar-refractivity contribution in [2.24, 2.45) is 13.0 Å². The fourth-order valence-electron chi connectivity index (χ4n) is 2.59. The third-order valence-corrected chi connectivity index (χ3v) is 4.12. The molecule has 100 valence electrons. The van der Waals surface area contributed by atoms with E-state index in [0.717, 1.165) is 24.2 Å². The van der Waals surface area contributed by atoms with E-state index in [0.29, 0.717) is 18.1 Å². The molecule has 1 saturated heterocycles. The molecule has 1 aliphatic heterocycles. The van der Waals surface area contributed by atoms with Gasteiger partial charge in [0.25, 0.3) is 0 Å². The van der Waals surface area contributed by atoms with Gasteiger partial charge in [-0.1, -0.05) is 18.5 Å². The summed E-state index contributed by atoms with van der Waals surface area (Å²) in [6.07, 6.45) is 2.13. The summed E-state index contributed by atoms with van der Waals surface area (Å²) in [5.74, 6) is 0.227. The quantitative estimate of drug-likeness (QED) is 0.843. The average Bonchev–Trinajstić information content (AvgIpc) is 2.90. The van der Waals surface area contributed by atoms with E-state index in [1.165, 1.54) is 0 Å². The smallest absolute Gasteiger partial charge is 0.144 e. The standard InChI is InChI=1S/C13H19ClN2O2/c1-4-12-9(5-6-18-12)11(17)7-10-13(14)8(2)15-16(10)3/h9,12H,4-7H2,1-3H3. The molecule has 0 bridgehead atoms. The first-order valence-corrected chi connectivity index (χ1v) is 6.74. The molecule has 0 amide bonds. The molecule has 0 N–H and O–H groups in total. The Hall–Kier alpha value is -0.870. The molecule has 4 nitrogen and oxygen atoms in total. The lowest BCUT2D eigenvalue weighted by Gasteiger charge is -2.15. The number of nitrogens with zero attached hydrogens (tertiary/aromatic N) is 2. The fourth-order valence-corrected chi connectivity index (χ4v) is 2.81. The summed E-state index contributed by atoms with van der Waals surface area (Å²) in [6, 6.07) is 0. The Balaban J connectivity index is 2.11. The molecule has 0 saturated carbocycles. The van der Waals surface area contributed by atoms with E-state index in [2.05, 4.69) is 12.0 Å². The first-order valence-electron chi connectivity index (χ1n) is 6.36. The normalized spacial score (nSPS) is 23.6. The van der Waals surface area contributed by atoms with Gasteiger partial charge in [0.15, 0.2) is 0 Å². The van der Waals surface area contributed by atoms with Gasteiger partial charge in [-0.15, -0.1) is 0 Å². The Morgan fingerprint density at radius 2 is 2.33 bits per heavy atom. The van der Waals surface area contributed by atoms with Crippen LogP contribution in [0.2, 0.25) is 5.02 Å². The molecule has 5 heteroatoms. The summed E-state index contributed by atoms with van der Waals surface area (Å²) in [5.41, 5.74) is 1.58. The Bertz CT molecular complexity index is 456. The SMILES string of the molecule is CCC1OCCC1C(=O)Cc1c(Cl)c(C)nn1C. The Labute approximate surface area is 112 Å². The molecule has 1 aromatic heterocycles. The van der Waals surface area contributed by atoms with E-state index in [9.17, 15) is 4.79 Å². The number of aromatic nitrogens is 2. The highest BCUT2D eigenvalue weighted by Crippen LogP contribution is 2.27. The van der Waals surface area contributed by atoms with Crippen molar-refractivity contribution in [1.82, 2.24) is 9.78 Å². The van der Waals surface area contributed by atoms with Crippen molar-refractivity contribution in [2.45, 2.75) is 39.2 Å². The van der Waals surface area contributed by atoms with Crippen LogP contribution in [0.5, 0.6) is 0 Å². The molecule has 1 fully saturated rings. The Morgan fingerprint density at radius 1 is 1.61 bits per heavy atom. The second-order valence-electron chi connectivity index (χ2n) is 4.83. The van der Waals surface area contributed by atoms with Gasteiger partial charge in [0.2, 0.25) is 0 Å². The summed E-state index contributed by atoms with van der Waals surface area (Å²) in [4.78, 5) is 12.3. The maximum atomic E-state index is 12.3. The van der Waals surface area contributed by atoms with E-state index in [1.807, 2.05) is 14.0 Å². The lowest BCUT2D eigenvalue weighted by Crippen LogP contribution is -2.25. The van der Waals surface area contributed by atoms with E-state index in [-0.39, 0.29) is 17.8 Å². The van der Waals surface area contributed by atoms with Crippen LogP contribution in [0.3, 0.4) is 0 Å². The van der Waals surface area contributed by atoms with Gasteiger partial charge < -0.3 is 4.74 Å². The number of halogens is 1. The molecule has 2 unspecified atom stereocenters. The Morgan fingerprint density at radius 3 is 2.89 bits per heavy atom. The number of carbonyl (C=O) groups excluding carboxylic acids is 1. The monoisotopic (exact) mass is 270 g/mol. The topological polar surface area (TPSA) is 44.1 Å². The molecule has 0 aliphatic carbocycles. The van der Waals surface area contributed by atoms with Gasteiger partial charge in [-0.3, -0.25) is 9.48 Å². The van der Waals surface area contributed by atoms with Crippen molar-refractivity contribution >= 4 is 17.4 Å². The van der Waals surface area contributed by atoms with Crippen LogP contribution in [0.25, 0.3) is 0 Å². The third-order valence-electron chi connectivity index (χ3n) is 3.63. The summed E-state index contributed by atoms with van der Waals surface area (Å²) in [6.45, 7) is 4.59. The van der Waals surface area contributed by atoms with E-state index in [1.54, 1.807) is 4.68 Å². The zero-order valence-corrected chi connectivity index (χ0v) is 11.8. The Kier molecular flexibility index (Phi) is 4.07. The zero-order valence-electron chi connectivity index (χ0n) is 11.1.